The Labute approximate surface area is 163 Å². The third-order valence-electron chi connectivity index (χ3n) is 5.78. The van der Waals surface area contributed by atoms with Gasteiger partial charge in [0.05, 0.1) is 12.0 Å². The van der Waals surface area contributed by atoms with Gasteiger partial charge in [-0.25, -0.2) is 4.98 Å². The summed E-state index contributed by atoms with van der Waals surface area (Å²) < 4.78 is 2.14. The van der Waals surface area contributed by atoms with E-state index in [0.29, 0.717) is 6.04 Å². The number of halogens is 2. The Morgan fingerprint density at radius 1 is 1.08 bits per heavy atom. The average molecular weight is 383 g/mol. The van der Waals surface area contributed by atoms with Crippen LogP contribution in [0.5, 0.6) is 0 Å². The number of fused-ring (bicyclic) bond motifs is 1. The first-order valence-corrected chi connectivity index (χ1v) is 8.57. The number of aryl methyl sites for hydroxylation is 2. The van der Waals surface area contributed by atoms with Gasteiger partial charge in [0.2, 0.25) is 0 Å². The molecule has 0 amide bonds. The summed E-state index contributed by atoms with van der Waals surface area (Å²) in [5, 5.41) is 0. The molecule has 1 aromatic carbocycles. The van der Waals surface area contributed by atoms with Crippen molar-refractivity contribution in [3.8, 4) is 0 Å². The molecular formula is C19H28Cl2N4. The molecule has 2 aliphatic rings. The van der Waals surface area contributed by atoms with E-state index in [9.17, 15) is 0 Å². The summed E-state index contributed by atoms with van der Waals surface area (Å²) in [5.41, 5.74) is 4.26. The van der Waals surface area contributed by atoms with Crippen LogP contribution in [0, 0.1) is 18.8 Å². The van der Waals surface area contributed by atoms with Gasteiger partial charge in [-0.2, -0.15) is 0 Å². The lowest BCUT2D eigenvalue weighted by molar-refractivity contribution is 0.222. The van der Waals surface area contributed by atoms with Gasteiger partial charge in [-0.1, -0.05) is 24.3 Å². The molecular weight excluding hydrogens is 355 g/mol. The van der Waals surface area contributed by atoms with E-state index in [1.165, 1.54) is 36.5 Å². The van der Waals surface area contributed by atoms with Crippen LogP contribution in [0.2, 0.25) is 0 Å². The lowest BCUT2D eigenvalue weighted by atomic mass is 9.88. The maximum atomic E-state index is 4.25. The number of hydrogen-bond acceptors (Lipinski definition) is 3. The number of likely N-dealkylation sites (tertiary alicyclic amines) is 2. The summed E-state index contributed by atoms with van der Waals surface area (Å²) in [6.07, 6.45) is 3.90. The van der Waals surface area contributed by atoms with Crippen molar-refractivity contribution in [1.29, 1.82) is 0 Å². The zero-order valence-corrected chi connectivity index (χ0v) is 16.8. The van der Waals surface area contributed by atoms with E-state index in [2.05, 4.69) is 64.6 Å². The first kappa shape index (κ1) is 20.2. The zero-order chi connectivity index (χ0) is 16.0. The molecule has 0 spiro atoms. The molecule has 4 nitrogen and oxygen atoms in total. The second kappa shape index (κ2) is 8.09. The number of benzene rings is 1. The fraction of sp³-hybridized carbons (Fsp3) is 0.526. The summed E-state index contributed by atoms with van der Waals surface area (Å²) in [6.45, 7) is 6.89. The SMILES string of the molecule is Cc1ccccc1[C@@H]1[C@@H]2CN(Cc3cncn3C)C[C@@H]2CN1C.Cl.Cl. The number of rotatable bonds is 3. The number of imidazole rings is 1. The molecule has 6 heteroatoms. The lowest BCUT2D eigenvalue weighted by Crippen LogP contribution is -2.29. The first-order valence-electron chi connectivity index (χ1n) is 8.57. The van der Waals surface area contributed by atoms with Gasteiger partial charge in [-0.3, -0.25) is 9.80 Å². The molecule has 0 radical (unpaired) electrons. The average Bonchev–Trinajstić information content (AvgIpc) is 3.16. The lowest BCUT2D eigenvalue weighted by Gasteiger charge is -2.28. The Morgan fingerprint density at radius 3 is 2.52 bits per heavy atom. The van der Waals surface area contributed by atoms with Crippen molar-refractivity contribution in [2.45, 2.75) is 19.5 Å². The topological polar surface area (TPSA) is 24.3 Å². The van der Waals surface area contributed by atoms with Crippen molar-refractivity contribution in [3.05, 3.63) is 53.6 Å². The molecule has 4 rings (SSSR count). The Morgan fingerprint density at radius 2 is 1.84 bits per heavy atom. The summed E-state index contributed by atoms with van der Waals surface area (Å²) in [5.74, 6) is 1.53. The molecule has 1 aromatic heterocycles. The van der Waals surface area contributed by atoms with E-state index in [0.717, 1.165) is 18.4 Å². The fourth-order valence-corrected chi connectivity index (χ4v) is 4.63. The summed E-state index contributed by atoms with van der Waals surface area (Å²) in [4.78, 5) is 9.43. The quantitative estimate of drug-likeness (QED) is 0.813. The van der Waals surface area contributed by atoms with Crippen LogP contribution >= 0.6 is 24.8 Å². The number of aromatic nitrogens is 2. The Bertz CT molecular complexity index is 702. The second-order valence-corrected chi connectivity index (χ2v) is 7.35. The van der Waals surface area contributed by atoms with Crippen molar-refractivity contribution < 1.29 is 0 Å². The number of hydrogen-bond donors (Lipinski definition) is 0. The molecule has 3 atom stereocenters. The van der Waals surface area contributed by atoms with E-state index in [1.807, 2.05) is 12.5 Å². The Hall–Kier alpha value is -1.07. The van der Waals surface area contributed by atoms with Gasteiger partial charge in [-0.15, -0.1) is 24.8 Å². The van der Waals surface area contributed by atoms with Gasteiger partial charge in [0, 0.05) is 45.5 Å². The number of nitrogens with zero attached hydrogens (tertiary/aromatic N) is 4. The minimum absolute atomic E-state index is 0. The minimum atomic E-state index is 0. The van der Waals surface area contributed by atoms with Crippen molar-refractivity contribution in [2.24, 2.45) is 18.9 Å². The van der Waals surface area contributed by atoms with Crippen LogP contribution in [0.3, 0.4) is 0 Å². The smallest absolute Gasteiger partial charge is 0.0945 e. The summed E-state index contributed by atoms with van der Waals surface area (Å²) >= 11 is 0. The molecule has 2 fully saturated rings. The van der Waals surface area contributed by atoms with Crippen molar-refractivity contribution in [3.63, 3.8) is 0 Å². The van der Waals surface area contributed by atoms with Crippen LogP contribution in [0.1, 0.15) is 22.9 Å². The molecule has 2 aromatic rings. The van der Waals surface area contributed by atoms with Crippen LogP contribution in [0.25, 0.3) is 0 Å². The van der Waals surface area contributed by atoms with Crippen molar-refractivity contribution in [1.82, 2.24) is 19.4 Å². The van der Waals surface area contributed by atoms with Crippen LogP contribution in [-0.4, -0.2) is 46.0 Å². The van der Waals surface area contributed by atoms with E-state index >= 15 is 0 Å². The maximum Gasteiger partial charge on any atom is 0.0945 e. The first-order chi connectivity index (χ1) is 11.1. The third-order valence-corrected chi connectivity index (χ3v) is 5.78. The van der Waals surface area contributed by atoms with Crippen molar-refractivity contribution >= 4 is 24.8 Å². The van der Waals surface area contributed by atoms with Crippen LogP contribution in [0.4, 0.5) is 0 Å². The van der Waals surface area contributed by atoms with Gasteiger partial charge < -0.3 is 4.57 Å². The standard InChI is InChI=1S/C19H26N4.2ClH/c1-14-6-4-5-7-17(14)19-18-12-23(10-15(18)9-21(19)2)11-16-8-20-13-22(16)3;;/h4-8,13,15,18-19H,9-12H2,1-3H3;2*1H/t15-,18+,19+;;/m0../s1. The van der Waals surface area contributed by atoms with Crippen LogP contribution in [0.15, 0.2) is 36.8 Å². The third kappa shape index (κ3) is 3.72. The molecule has 25 heavy (non-hydrogen) atoms. The molecule has 3 heterocycles. The maximum absolute atomic E-state index is 4.25. The van der Waals surface area contributed by atoms with Crippen LogP contribution < -0.4 is 0 Å². The monoisotopic (exact) mass is 382 g/mol. The van der Waals surface area contributed by atoms with Gasteiger partial charge >= 0.3 is 0 Å². The highest BCUT2D eigenvalue weighted by Gasteiger charge is 2.46. The molecule has 0 N–H and O–H groups in total. The minimum Gasteiger partial charge on any atom is -0.337 e. The molecule has 2 saturated heterocycles. The highest BCUT2D eigenvalue weighted by atomic mass is 35.5. The fourth-order valence-electron chi connectivity index (χ4n) is 4.63. The van der Waals surface area contributed by atoms with E-state index < -0.39 is 0 Å². The van der Waals surface area contributed by atoms with E-state index in [-0.39, 0.29) is 24.8 Å². The predicted molar refractivity (Wildman–Crippen MR) is 107 cm³/mol. The van der Waals surface area contributed by atoms with E-state index in [4.69, 9.17) is 0 Å². The van der Waals surface area contributed by atoms with Gasteiger partial charge in [-0.05, 0) is 36.9 Å². The highest BCUT2D eigenvalue weighted by Crippen LogP contribution is 2.45. The Balaban J connectivity index is 0.00000113. The second-order valence-electron chi connectivity index (χ2n) is 7.35. The predicted octanol–water partition coefficient (Wildman–Crippen LogP) is 3.31. The Kier molecular flexibility index (Phi) is 6.55. The van der Waals surface area contributed by atoms with Gasteiger partial charge in [0.15, 0.2) is 0 Å². The molecule has 0 bridgehead atoms. The molecule has 0 unspecified atom stereocenters. The summed E-state index contributed by atoms with van der Waals surface area (Å²) in [7, 11) is 4.38. The molecule has 0 aliphatic carbocycles. The molecule has 138 valence electrons. The van der Waals surface area contributed by atoms with Gasteiger partial charge in [0.1, 0.15) is 0 Å². The highest BCUT2D eigenvalue weighted by molar-refractivity contribution is 5.85. The van der Waals surface area contributed by atoms with E-state index in [1.54, 1.807) is 0 Å². The normalized spacial score (nSPS) is 26.1. The van der Waals surface area contributed by atoms with Gasteiger partial charge in [0.25, 0.3) is 0 Å². The van der Waals surface area contributed by atoms with Crippen molar-refractivity contribution in [2.75, 3.05) is 26.7 Å². The molecule has 2 aliphatic heterocycles. The largest absolute Gasteiger partial charge is 0.337 e. The zero-order valence-electron chi connectivity index (χ0n) is 15.1. The van der Waals surface area contributed by atoms with Crippen LogP contribution in [-0.2, 0) is 13.6 Å². The summed E-state index contributed by atoms with van der Waals surface area (Å²) in [6, 6.07) is 9.47. The molecule has 0 saturated carbocycles.